The monoisotopic (exact) mass is 238 g/mol. The Morgan fingerprint density at radius 1 is 1.41 bits per heavy atom. The zero-order valence-corrected chi connectivity index (χ0v) is 11.6. The minimum absolute atomic E-state index is 0.108. The SMILES string of the molecule is CC(C)[C@@H]1C[C@@]2(C)[C@H](C[C@@H]1O)C(=O)CC[C@@H]2C. The molecule has 2 saturated carbocycles. The predicted octanol–water partition coefficient (Wildman–Crippen LogP) is 3.03. The number of fused-ring (bicyclic) bond motifs is 1. The largest absolute Gasteiger partial charge is 0.393 e. The van der Waals surface area contributed by atoms with Gasteiger partial charge >= 0.3 is 0 Å². The number of rotatable bonds is 1. The van der Waals surface area contributed by atoms with Crippen molar-refractivity contribution in [3.63, 3.8) is 0 Å². The maximum absolute atomic E-state index is 12.1. The van der Waals surface area contributed by atoms with Crippen molar-refractivity contribution in [3.05, 3.63) is 0 Å². The highest BCUT2D eigenvalue weighted by molar-refractivity contribution is 5.83. The molecule has 1 N–H and O–H groups in total. The quantitative estimate of drug-likeness (QED) is 0.762. The van der Waals surface area contributed by atoms with E-state index in [4.69, 9.17) is 0 Å². The number of carbonyl (C=O) groups is 1. The van der Waals surface area contributed by atoms with Crippen LogP contribution in [0.25, 0.3) is 0 Å². The summed E-state index contributed by atoms with van der Waals surface area (Å²) in [6.45, 7) is 8.94. The first kappa shape index (κ1) is 13.1. The lowest BCUT2D eigenvalue weighted by Crippen LogP contribution is -2.52. The average Bonchev–Trinajstić information content (AvgIpc) is 2.26. The van der Waals surface area contributed by atoms with Gasteiger partial charge in [-0.15, -0.1) is 0 Å². The predicted molar refractivity (Wildman–Crippen MR) is 68.6 cm³/mol. The standard InChI is InChI=1S/C15H26O2/c1-9(2)11-8-15(4)10(3)5-6-13(16)12(15)7-14(11)17/h9-12,14,17H,5-8H2,1-4H3/t10-,11-,12+,14-,15+/m0/s1. The molecule has 0 unspecified atom stereocenters. The summed E-state index contributed by atoms with van der Waals surface area (Å²) < 4.78 is 0. The van der Waals surface area contributed by atoms with E-state index < -0.39 is 0 Å². The summed E-state index contributed by atoms with van der Waals surface area (Å²) in [5.74, 6) is 1.98. The number of Topliss-reactive ketones (excluding diaryl/α,β-unsaturated/α-hetero) is 1. The first-order valence-corrected chi connectivity index (χ1v) is 7.07. The minimum Gasteiger partial charge on any atom is -0.393 e. The van der Waals surface area contributed by atoms with Crippen molar-refractivity contribution in [1.82, 2.24) is 0 Å². The highest BCUT2D eigenvalue weighted by Crippen LogP contribution is 2.54. The lowest BCUT2D eigenvalue weighted by atomic mass is 9.52. The number of ketones is 1. The van der Waals surface area contributed by atoms with E-state index in [1.54, 1.807) is 0 Å². The Kier molecular flexibility index (Phi) is 3.37. The van der Waals surface area contributed by atoms with E-state index in [-0.39, 0.29) is 17.4 Å². The zero-order chi connectivity index (χ0) is 12.8. The van der Waals surface area contributed by atoms with Gasteiger partial charge in [0.15, 0.2) is 0 Å². The van der Waals surface area contributed by atoms with Gasteiger partial charge in [-0.3, -0.25) is 4.79 Å². The molecule has 2 aliphatic carbocycles. The molecule has 2 heteroatoms. The number of hydrogen-bond acceptors (Lipinski definition) is 2. The van der Waals surface area contributed by atoms with Gasteiger partial charge in [-0.05, 0) is 42.4 Å². The normalized spacial score (nSPS) is 47.1. The molecule has 2 fully saturated rings. The van der Waals surface area contributed by atoms with Crippen LogP contribution < -0.4 is 0 Å². The van der Waals surface area contributed by atoms with Gasteiger partial charge in [-0.2, -0.15) is 0 Å². The van der Waals surface area contributed by atoms with Crippen molar-refractivity contribution in [2.24, 2.45) is 29.1 Å². The Labute approximate surface area is 105 Å². The lowest BCUT2D eigenvalue weighted by Gasteiger charge is -2.53. The van der Waals surface area contributed by atoms with Crippen LogP contribution in [0.2, 0.25) is 0 Å². The van der Waals surface area contributed by atoms with Crippen LogP contribution in [0.1, 0.15) is 53.4 Å². The molecule has 2 nitrogen and oxygen atoms in total. The number of hydrogen-bond donors (Lipinski definition) is 1. The van der Waals surface area contributed by atoms with Crippen LogP contribution >= 0.6 is 0 Å². The van der Waals surface area contributed by atoms with Crippen LogP contribution in [0, 0.1) is 29.1 Å². The molecular formula is C15H26O2. The maximum Gasteiger partial charge on any atom is 0.136 e. The second-order valence-electron chi connectivity index (χ2n) is 6.88. The highest BCUT2D eigenvalue weighted by Gasteiger charge is 2.52. The van der Waals surface area contributed by atoms with Gasteiger partial charge in [0.25, 0.3) is 0 Å². The van der Waals surface area contributed by atoms with Gasteiger partial charge in [-0.1, -0.05) is 27.7 Å². The van der Waals surface area contributed by atoms with Crippen molar-refractivity contribution < 1.29 is 9.90 Å². The van der Waals surface area contributed by atoms with Crippen LogP contribution in [0.3, 0.4) is 0 Å². The van der Waals surface area contributed by atoms with Gasteiger partial charge in [0.2, 0.25) is 0 Å². The van der Waals surface area contributed by atoms with Crippen molar-refractivity contribution >= 4 is 5.78 Å². The second-order valence-corrected chi connectivity index (χ2v) is 6.88. The maximum atomic E-state index is 12.1. The van der Waals surface area contributed by atoms with E-state index in [2.05, 4.69) is 27.7 Å². The van der Waals surface area contributed by atoms with Crippen LogP contribution in [-0.2, 0) is 4.79 Å². The van der Waals surface area contributed by atoms with Crippen molar-refractivity contribution in [2.75, 3.05) is 0 Å². The molecule has 0 heterocycles. The fourth-order valence-corrected chi connectivity index (χ4v) is 4.06. The lowest BCUT2D eigenvalue weighted by molar-refractivity contribution is -0.146. The van der Waals surface area contributed by atoms with Crippen LogP contribution in [0.4, 0.5) is 0 Å². The topological polar surface area (TPSA) is 37.3 Å². The van der Waals surface area contributed by atoms with Crippen LogP contribution in [0.15, 0.2) is 0 Å². The third-order valence-corrected chi connectivity index (χ3v) is 5.64. The Hall–Kier alpha value is -0.370. The first-order valence-electron chi connectivity index (χ1n) is 7.07. The molecule has 0 aromatic carbocycles. The van der Waals surface area contributed by atoms with E-state index >= 15 is 0 Å². The van der Waals surface area contributed by atoms with Crippen LogP contribution in [-0.4, -0.2) is 17.0 Å². The third-order valence-electron chi connectivity index (χ3n) is 5.64. The molecule has 0 aliphatic heterocycles. The average molecular weight is 238 g/mol. The summed E-state index contributed by atoms with van der Waals surface area (Å²) in [6, 6.07) is 0. The molecule has 0 aromatic rings. The van der Waals surface area contributed by atoms with E-state index in [1.807, 2.05) is 0 Å². The molecule has 2 rings (SSSR count). The Morgan fingerprint density at radius 2 is 2.06 bits per heavy atom. The van der Waals surface area contributed by atoms with Gasteiger partial charge in [0.05, 0.1) is 6.10 Å². The fraction of sp³-hybridized carbons (Fsp3) is 0.933. The second kappa shape index (κ2) is 4.38. The number of aliphatic hydroxyl groups is 1. The van der Waals surface area contributed by atoms with Crippen molar-refractivity contribution in [2.45, 2.75) is 59.5 Å². The van der Waals surface area contributed by atoms with Gasteiger partial charge in [-0.25, -0.2) is 0 Å². The van der Waals surface area contributed by atoms with Crippen LogP contribution in [0.5, 0.6) is 0 Å². The molecule has 0 spiro atoms. The van der Waals surface area contributed by atoms with Gasteiger partial charge in [0, 0.05) is 12.3 Å². The fourth-order valence-electron chi connectivity index (χ4n) is 4.06. The molecule has 0 saturated heterocycles. The molecule has 0 amide bonds. The molecule has 98 valence electrons. The first-order chi connectivity index (χ1) is 7.86. The summed E-state index contributed by atoms with van der Waals surface area (Å²) in [7, 11) is 0. The Balaban J connectivity index is 2.26. The number of aliphatic hydroxyl groups excluding tert-OH is 1. The van der Waals surface area contributed by atoms with Crippen molar-refractivity contribution in [1.29, 1.82) is 0 Å². The summed E-state index contributed by atoms with van der Waals surface area (Å²) in [4.78, 5) is 12.1. The van der Waals surface area contributed by atoms with Gasteiger partial charge < -0.3 is 5.11 Å². The molecule has 0 bridgehead atoms. The summed E-state index contributed by atoms with van der Waals surface area (Å²) in [5, 5.41) is 10.2. The molecule has 0 aromatic heterocycles. The zero-order valence-electron chi connectivity index (χ0n) is 11.6. The van der Waals surface area contributed by atoms with Gasteiger partial charge in [0.1, 0.15) is 5.78 Å². The van der Waals surface area contributed by atoms with Crippen molar-refractivity contribution in [3.8, 4) is 0 Å². The van der Waals surface area contributed by atoms with E-state index in [0.717, 1.165) is 19.3 Å². The summed E-state index contributed by atoms with van der Waals surface area (Å²) in [6.07, 6.45) is 3.20. The minimum atomic E-state index is -0.276. The Bertz CT molecular complexity index is 310. The summed E-state index contributed by atoms with van der Waals surface area (Å²) in [5.41, 5.74) is 0.128. The molecule has 5 atom stereocenters. The molecule has 0 radical (unpaired) electrons. The van der Waals surface area contributed by atoms with E-state index in [0.29, 0.717) is 30.0 Å². The highest BCUT2D eigenvalue weighted by atomic mass is 16.3. The smallest absolute Gasteiger partial charge is 0.136 e. The molecule has 17 heavy (non-hydrogen) atoms. The van der Waals surface area contributed by atoms with E-state index in [1.165, 1.54) is 0 Å². The molecular weight excluding hydrogens is 212 g/mol. The molecule has 2 aliphatic rings. The number of carbonyl (C=O) groups excluding carboxylic acids is 1. The Morgan fingerprint density at radius 3 is 2.65 bits per heavy atom. The third kappa shape index (κ3) is 2.05. The van der Waals surface area contributed by atoms with E-state index in [9.17, 15) is 9.90 Å². The summed E-state index contributed by atoms with van der Waals surface area (Å²) >= 11 is 0.